The molecule has 0 atom stereocenters. The lowest BCUT2D eigenvalue weighted by molar-refractivity contribution is 0.317. The number of nitrogens with two attached hydrogens (primary N) is 1. The molecule has 3 N–H and O–H groups in total. The molecule has 5 nitrogen and oxygen atoms in total. The van der Waals surface area contributed by atoms with Crippen LogP contribution in [0.15, 0.2) is 17.3 Å². The first-order valence-electron chi connectivity index (χ1n) is 3.17. The summed E-state index contributed by atoms with van der Waals surface area (Å²) in [6.07, 6.45) is 0.265. The van der Waals surface area contributed by atoms with Gasteiger partial charge in [-0.1, -0.05) is 16.8 Å². The summed E-state index contributed by atoms with van der Waals surface area (Å²) in [6, 6.07) is 3.25. The first-order valence-corrected chi connectivity index (χ1v) is 3.54. The minimum atomic E-state index is 0.0895. The van der Waals surface area contributed by atoms with Gasteiger partial charge in [-0.25, -0.2) is 0 Å². The monoisotopic (exact) mass is 186 g/mol. The Balaban J connectivity index is 2.71. The van der Waals surface area contributed by atoms with Crippen LogP contribution in [-0.2, 0) is 6.42 Å². The summed E-state index contributed by atoms with van der Waals surface area (Å²) in [6.45, 7) is 0. The summed E-state index contributed by atoms with van der Waals surface area (Å²) >= 11 is 5.50. The van der Waals surface area contributed by atoms with Gasteiger partial charge in [-0.15, -0.1) is 5.10 Å². The quantitative estimate of drug-likeness (QED) is 0.303. The molecule has 0 saturated carbocycles. The predicted molar refractivity (Wildman–Crippen MR) is 44.2 cm³/mol. The van der Waals surface area contributed by atoms with Crippen LogP contribution in [0.5, 0.6) is 0 Å². The summed E-state index contributed by atoms with van der Waals surface area (Å²) in [7, 11) is 0. The Morgan fingerprint density at radius 2 is 2.33 bits per heavy atom. The van der Waals surface area contributed by atoms with Crippen LogP contribution in [-0.4, -0.2) is 21.2 Å². The third-order valence-electron chi connectivity index (χ3n) is 1.18. The van der Waals surface area contributed by atoms with Crippen LogP contribution in [0.3, 0.4) is 0 Å². The van der Waals surface area contributed by atoms with Crippen molar-refractivity contribution in [3.63, 3.8) is 0 Å². The van der Waals surface area contributed by atoms with Crippen LogP contribution in [0, 0.1) is 0 Å². The van der Waals surface area contributed by atoms with E-state index in [-0.39, 0.29) is 12.3 Å². The molecule has 0 aliphatic carbocycles. The average molecular weight is 187 g/mol. The Bertz CT molecular complexity index is 284. The largest absolute Gasteiger partial charge is 0.409 e. The number of oxime groups is 1. The SMILES string of the molecule is NC(Cc1ccc(Cl)nn1)=NO. The van der Waals surface area contributed by atoms with E-state index in [9.17, 15) is 0 Å². The summed E-state index contributed by atoms with van der Waals surface area (Å²) in [5, 5.41) is 18.7. The lowest BCUT2D eigenvalue weighted by Crippen LogP contribution is -2.15. The highest BCUT2D eigenvalue weighted by Gasteiger charge is 1.98. The molecule has 0 radical (unpaired) electrons. The van der Waals surface area contributed by atoms with E-state index in [2.05, 4.69) is 15.4 Å². The molecule has 0 bridgehead atoms. The molecule has 1 aromatic heterocycles. The van der Waals surface area contributed by atoms with Gasteiger partial charge in [0.1, 0.15) is 5.84 Å². The molecule has 0 unspecified atom stereocenters. The van der Waals surface area contributed by atoms with Gasteiger partial charge in [0.15, 0.2) is 5.15 Å². The minimum Gasteiger partial charge on any atom is -0.409 e. The maximum Gasteiger partial charge on any atom is 0.151 e. The second-order valence-corrected chi connectivity index (χ2v) is 2.50. The van der Waals surface area contributed by atoms with Gasteiger partial charge in [0.2, 0.25) is 0 Å². The zero-order valence-electron chi connectivity index (χ0n) is 6.11. The van der Waals surface area contributed by atoms with Crippen molar-refractivity contribution in [3.8, 4) is 0 Å². The molecule has 1 heterocycles. The van der Waals surface area contributed by atoms with Gasteiger partial charge < -0.3 is 10.9 Å². The number of halogens is 1. The number of aromatic nitrogens is 2. The standard InChI is InChI=1S/C6H7ClN4O/c7-5-2-1-4(9-10-5)3-6(8)11-12/h1-2,12H,3H2,(H2,8,11). The molecule has 64 valence electrons. The van der Waals surface area contributed by atoms with Crippen LogP contribution in [0.1, 0.15) is 5.69 Å². The smallest absolute Gasteiger partial charge is 0.151 e. The number of nitrogens with zero attached hydrogens (tertiary/aromatic N) is 3. The minimum absolute atomic E-state index is 0.0895. The zero-order valence-corrected chi connectivity index (χ0v) is 6.86. The second-order valence-electron chi connectivity index (χ2n) is 2.12. The molecule has 0 amide bonds. The molecule has 6 heteroatoms. The zero-order chi connectivity index (χ0) is 8.97. The van der Waals surface area contributed by atoms with Gasteiger partial charge in [0.25, 0.3) is 0 Å². The van der Waals surface area contributed by atoms with E-state index in [4.69, 9.17) is 22.5 Å². The van der Waals surface area contributed by atoms with E-state index >= 15 is 0 Å². The molecule has 0 aliphatic heterocycles. The fourth-order valence-corrected chi connectivity index (χ4v) is 0.760. The first kappa shape index (κ1) is 8.73. The van der Waals surface area contributed by atoms with Gasteiger partial charge >= 0.3 is 0 Å². The third-order valence-corrected chi connectivity index (χ3v) is 1.38. The van der Waals surface area contributed by atoms with E-state index in [1.165, 1.54) is 0 Å². The van der Waals surface area contributed by atoms with Gasteiger partial charge in [0.05, 0.1) is 12.1 Å². The van der Waals surface area contributed by atoms with Crippen LogP contribution in [0.2, 0.25) is 5.15 Å². The van der Waals surface area contributed by atoms with Crippen molar-refractivity contribution in [2.75, 3.05) is 0 Å². The van der Waals surface area contributed by atoms with Crippen molar-refractivity contribution in [2.24, 2.45) is 10.9 Å². The molecule has 1 aromatic rings. The van der Waals surface area contributed by atoms with E-state index in [1.807, 2.05) is 0 Å². The van der Waals surface area contributed by atoms with Crippen LogP contribution >= 0.6 is 11.6 Å². The topological polar surface area (TPSA) is 84.4 Å². The molecule has 0 aromatic carbocycles. The Morgan fingerprint density at radius 3 is 2.83 bits per heavy atom. The summed E-state index contributed by atoms with van der Waals surface area (Å²) in [5.74, 6) is 0.0895. The van der Waals surface area contributed by atoms with Crippen LogP contribution in [0.4, 0.5) is 0 Å². The third kappa shape index (κ3) is 2.35. The fourth-order valence-electron chi connectivity index (χ4n) is 0.659. The molecule has 0 spiro atoms. The summed E-state index contributed by atoms with van der Waals surface area (Å²) in [5.41, 5.74) is 5.85. The van der Waals surface area contributed by atoms with Gasteiger partial charge in [0, 0.05) is 0 Å². The maximum atomic E-state index is 8.24. The molecule has 1 rings (SSSR count). The van der Waals surface area contributed by atoms with Crippen molar-refractivity contribution in [1.82, 2.24) is 10.2 Å². The maximum absolute atomic E-state index is 8.24. The normalized spacial score (nSPS) is 11.6. The predicted octanol–water partition coefficient (Wildman–Crippen LogP) is 0.419. The van der Waals surface area contributed by atoms with Crippen molar-refractivity contribution in [1.29, 1.82) is 0 Å². The van der Waals surface area contributed by atoms with Crippen molar-refractivity contribution in [2.45, 2.75) is 6.42 Å². The Labute approximate surface area is 73.9 Å². The molecule has 0 aliphatic rings. The lowest BCUT2D eigenvalue weighted by Gasteiger charge is -1.96. The molecular weight excluding hydrogens is 180 g/mol. The Morgan fingerprint density at radius 1 is 1.58 bits per heavy atom. The van der Waals surface area contributed by atoms with Gasteiger partial charge in [-0.3, -0.25) is 0 Å². The number of hydrogen-bond acceptors (Lipinski definition) is 4. The number of rotatable bonds is 2. The van der Waals surface area contributed by atoms with Crippen LogP contribution < -0.4 is 5.73 Å². The van der Waals surface area contributed by atoms with Crippen LogP contribution in [0.25, 0.3) is 0 Å². The molecular formula is C6H7ClN4O. The van der Waals surface area contributed by atoms with E-state index < -0.39 is 0 Å². The summed E-state index contributed by atoms with van der Waals surface area (Å²) < 4.78 is 0. The van der Waals surface area contributed by atoms with Crippen molar-refractivity contribution in [3.05, 3.63) is 23.0 Å². The summed E-state index contributed by atoms with van der Waals surface area (Å²) in [4.78, 5) is 0. The number of hydrogen-bond donors (Lipinski definition) is 2. The fraction of sp³-hybridized carbons (Fsp3) is 0.167. The Kier molecular flexibility index (Phi) is 2.82. The highest BCUT2D eigenvalue weighted by atomic mass is 35.5. The Hall–Kier alpha value is -1.36. The molecule has 0 fully saturated rings. The van der Waals surface area contributed by atoms with E-state index in [0.29, 0.717) is 10.8 Å². The molecule has 0 saturated heterocycles. The average Bonchev–Trinajstić information content (AvgIpc) is 2.09. The number of amidine groups is 1. The van der Waals surface area contributed by atoms with Gasteiger partial charge in [-0.2, -0.15) is 5.10 Å². The van der Waals surface area contributed by atoms with Crippen molar-refractivity contribution < 1.29 is 5.21 Å². The van der Waals surface area contributed by atoms with E-state index in [1.54, 1.807) is 12.1 Å². The highest BCUT2D eigenvalue weighted by Crippen LogP contribution is 2.02. The molecule has 12 heavy (non-hydrogen) atoms. The highest BCUT2D eigenvalue weighted by molar-refractivity contribution is 6.29. The van der Waals surface area contributed by atoms with E-state index in [0.717, 1.165) is 0 Å². The van der Waals surface area contributed by atoms with Crippen molar-refractivity contribution >= 4 is 17.4 Å². The second kappa shape index (κ2) is 3.87. The lowest BCUT2D eigenvalue weighted by atomic mass is 10.3. The first-order chi connectivity index (χ1) is 5.72. The van der Waals surface area contributed by atoms with Gasteiger partial charge in [-0.05, 0) is 12.1 Å².